The van der Waals surface area contributed by atoms with E-state index in [0.717, 1.165) is 25.5 Å². The highest BCUT2D eigenvalue weighted by Crippen LogP contribution is 2.36. The van der Waals surface area contributed by atoms with Crippen LogP contribution in [0.4, 0.5) is 0 Å². The average Bonchev–Trinajstić information content (AvgIpc) is 2.64. The number of rotatable bonds is 1. The van der Waals surface area contributed by atoms with Gasteiger partial charge < -0.3 is 9.36 Å². The number of aryl methyl sites for hydroxylation is 2. The molecule has 2 heteroatoms. The van der Waals surface area contributed by atoms with Crippen molar-refractivity contribution in [2.24, 2.45) is 7.05 Å². The third kappa shape index (κ3) is 1.16. The molecule has 82 valence electrons. The lowest BCUT2D eigenvalue weighted by Crippen LogP contribution is -2.13. The molecule has 0 spiro atoms. The number of hydrogen-bond donors (Lipinski definition) is 0. The first-order valence-corrected chi connectivity index (χ1v) is 5.84. The van der Waals surface area contributed by atoms with Crippen molar-refractivity contribution in [3.63, 3.8) is 0 Å². The van der Waals surface area contributed by atoms with Crippen LogP contribution in [0.2, 0.25) is 0 Å². The number of fused-ring (bicyclic) bond motifs is 3. The van der Waals surface area contributed by atoms with Crippen LogP contribution in [0.25, 0.3) is 10.9 Å². The third-order valence-electron chi connectivity index (χ3n) is 3.72. The minimum Gasteiger partial charge on any atom is -0.347 e. The van der Waals surface area contributed by atoms with Crippen LogP contribution >= 0.6 is 0 Å². The fourth-order valence-electron chi connectivity index (χ4n) is 2.99. The Morgan fingerprint density at radius 1 is 1.38 bits per heavy atom. The van der Waals surface area contributed by atoms with Crippen LogP contribution in [0, 0.1) is 0 Å². The lowest BCUT2D eigenvalue weighted by atomic mass is 9.87. The molecule has 0 saturated heterocycles. The fourth-order valence-corrected chi connectivity index (χ4v) is 2.99. The number of benzene rings is 1. The third-order valence-corrected chi connectivity index (χ3v) is 3.72. The van der Waals surface area contributed by atoms with E-state index < -0.39 is 0 Å². The average molecular weight is 213 g/mol. The topological polar surface area (TPSA) is 22.0 Å². The molecule has 0 N–H and O–H groups in total. The maximum Gasteiger partial charge on any atom is 0.128 e. The quantitative estimate of drug-likeness (QED) is 0.668. The van der Waals surface area contributed by atoms with Crippen LogP contribution in [0.5, 0.6) is 0 Å². The first-order chi connectivity index (χ1) is 7.83. The van der Waals surface area contributed by atoms with Gasteiger partial charge in [0, 0.05) is 23.6 Å². The molecule has 2 nitrogen and oxygen atoms in total. The Bertz CT molecular complexity index is 553. The second-order valence-corrected chi connectivity index (χ2v) is 4.57. The van der Waals surface area contributed by atoms with Gasteiger partial charge in [-0.1, -0.05) is 18.2 Å². The summed E-state index contributed by atoms with van der Waals surface area (Å²) in [6.07, 6.45) is 4.35. The molecule has 1 heterocycles. The Morgan fingerprint density at radius 3 is 3.00 bits per heavy atom. The number of nitrogens with zero attached hydrogens (tertiary/aromatic N) is 1. The van der Waals surface area contributed by atoms with Crippen molar-refractivity contribution < 1.29 is 4.79 Å². The van der Waals surface area contributed by atoms with Crippen LogP contribution in [-0.4, -0.2) is 10.9 Å². The normalized spacial score (nSPS) is 19.7. The van der Waals surface area contributed by atoms with E-state index in [9.17, 15) is 4.79 Å². The molecule has 1 aromatic heterocycles. The summed E-state index contributed by atoms with van der Waals surface area (Å²) in [6.45, 7) is 0. The number of carbonyl (C=O) groups excluding carboxylic acids is 1. The summed E-state index contributed by atoms with van der Waals surface area (Å²) in [7, 11) is 2.07. The van der Waals surface area contributed by atoms with Gasteiger partial charge in [-0.05, 0) is 30.9 Å². The molecule has 1 aliphatic rings. The SMILES string of the molecule is Cn1c2c(c3ccccc31)CCCC2C=O. The van der Waals surface area contributed by atoms with Gasteiger partial charge in [-0.3, -0.25) is 0 Å². The molecule has 1 unspecified atom stereocenters. The molecule has 1 aliphatic carbocycles. The first-order valence-electron chi connectivity index (χ1n) is 5.84. The van der Waals surface area contributed by atoms with E-state index in [1.807, 2.05) is 0 Å². The molecule has 0 amide bonds. The van der Waals surface area contributed by atoms with Crippen LogP contribution in [0.1, 0.15) is 30.0 Å². The van der Waals surface area contributed by atoms with E-state index in [1.54, 1.807) is 0 Å². The Kier molecular flexibility index (Phi) is 2.10. The number of aldehydes is 1. The number of carbonyl (C=O) groups is 1. The minimum atomic E-state index is 0.0983. The fraction of sp³-hybridized carbons (Fsp3) is 0.357. The molecule has 3 rings (SSSR count). The largest absolute Gasteiger partial charge is 0.347 e. The van der Waals surface area contributed by atoms with Crippen LogP contribution in [0.15, 0.2) is 24.3 Å². The first kappa shape index (κ1) is 9.64. The monoisotopic (exact) mass is 213 g/mol. The lowest BCUT2D eigenvalue weighted by molar-refractivity contribution is -0.109. The van der Waals surface area contributed by atoms with Gasteiger partial charge in [0.1, 0.15) is 6.29 Å². The van der Waals surface area contributed by atoms with Gasteiger partial charge in [0.05, 0.1) is 5.92 Å². The Labute approximate surface area is 94.9 Å². The van der Waals surface area contributed by atoms with Gasteiger partial charge in [0.25, 0.3) is 0 Å². The van der Waals surface area contributed by atoms with Gasteiger partial charge in [-0.15, -0.1) is 0 Å². The van der Waals surface area contributed by atoms with E-state index in [-0.39, 0.29) is 5.92 Å². The van der Waals surface area contributed by atoms with Gasteiger partial charge in [-0.2, -0.15) is 0 Å². The molecule has 0 radical (unpaired) electrons. The molecule has 1 aromatic carbocycles. The van der Waals surface area contributed by atoms with Crippen molar-refractivity contribution in [3.05, 3.63) is 35.5 Å². The molecule has 1 atom stereocenters. The van der Waals surface area contributed by atoms with Crippen molar-refractivity contribution in [2.75, 3.05) is 0 Å². The second-order valence-electron chi connectivity index (χ2n) is 4.57. The van der Waals surface area contributed by atoms with Crippen LogP contribution < -0.4 is 0 Å². The van der Waals surface area contributed by atoms with E-state index in [1.165, 1.54) is 22.2 Å². The highest BCUT2D eigenvalue weighted by Gasteiger charge is 2.25. The van der Waals surface area contributed by atoms with E-state index >= 15 is 0 Å². The molecular weight excluding hydrogens is 198 g/mol. The maximum absolute atomic E-state index is 11.1. The van der Waals surface area contributed by atoms with Crippen LogP contribution in [-0.2, 0) is 18.3 Å². The van der Waals surface area contributed by atoms with E-state index in [0.29, 0.717) is 0 Å². The predicted octanol–water partition coefficient (Wildman–Crippen LogP) is 2.80. The Balaban J connectivity index is 2.37. The number of aromatic nitrogens is 1. The zero-order valence-corrected chi connectivity index (χ0v) is 9.44. The van der Waals surface area contributed by atoms with Gasteiger partial charge in [0.15, 0.2) is 0 Å². The lowest BCUT2D eigenvalue weighted by Gasteiger charge is -2.19. The van der Waals surface area contributed by atoms with E-state index in [4.69, 9.17) is 0 Å². The summed E-state index contributed by atoms with van der Waals surface area (Å²) in [4.78, 5) is 11.1. The number of hydrogen-bond acceptors (Lipinski definition) is 1. The summed E-state index contributed by atoms with van der Waals surface area (Å²) < 4.78 is 2.20. The molecule has 16 heavy (non-hydrogen) atoms. The van der Waals surface area contributed by atoms with Crippen molar-refractivity contribution >= 4 is 17.2 Å². The highest BCUT2D eigenvalue weighted by molar-refractivity contribution is 5.87. The maximum atomic E-state index is 11.1. The van der Waals surface area contributed by atoms with E-state index in [2.05, 4.69) is 35.9 Å². The van der Waals surface area contributed by atoms with Crippen molar-refractivity contribution in [1.82, 2.24) is 4.57 Å². The molecule has 0 saturated carbocycles. The zero-order valence-electron chi connectivity index (χ0n) is 9.44. The van der Waals surface area contributed by atoms with Crippen molar-refractivity contribution in [3.8, 4) is 0 Å². The zero-order chi connectivity index (χ0) is 11.1. The summed E-state index contributed by atoms with van der Waals surface area (Å²) in [5.74, 6) is 0.0983. The van der Waals surface area contributed by atoms with Gasteiger partial charge in [0.2, 0.25) is 0 Å². The highest BCUT2D eigenvalue weighted by atomic mass is 16.1. The molecule has 0 bridgehead atoms. The standard InChI is InChI=1S/C14H15NO/c1-15-13-8-3-2-6-11(13)12-7-4-5-10(9-16)14(12)15/h2-3,6,8-10H,4-5,7H2,1H3. The summed E-state index contributed by atoms with van der Waals surface area (Å²) in [6, 6.07) is 8.44. The number of para-hydroxylation sites is 1. The molecule has 2 aromatic rings. The molecule has 0 aliphatic heterocycles. The Hall–Kier alpha value is -1.57. The summed E-state index contributed by atoms with van der Waals surface area (Å²) >= 11 is 0. The summed E-state index contributed by atoms with van der Waals surface area (Å²) in [5, 5.41) is 1.33. The van der Waals surface area contributed by atoms with Crippen molar-refractivity contribution in [1.29, 1.82) is 0 Å². The molecule has 0 fully saturated rings. The summed E-state index contributed by atoms with van der Waals surface area (Å²) in [5.41, 5.74) is 3.88. The van der Waals surface area contributed by atoms with Crippen LogP contribution in [0.3, 0.4) is 0 Å². The van der Waals surface area contributed by atoms with Crippen molar-refractivity contribution in [2.45, 2.75) is 25.2 Å². The molecular formula is C14H15NO. The predicted molar refractivity (Wildman–Crippen MR) is 64.7 cm³/mol. The second kappa shape index (κ2) is 3.48. The minimum absolute atomic E-state index is 0.0983. The smallest absolute Gasteiger partial charge is 0.128 e. The van der Waals surface area contributed by atoms with Gasteiger partial charge >= 0.3 is 0 Å². The van der Waals surface area contributed by atoms with Gasteiger partial charge in [-0.25, -0.2) is 0 Å². The Morgan fingerprint density at radius 2 is 2.19 bits per heavy atom.